The zero-order chi connectivity index (χ0) is 15.2. The second-order valence-corrected chi connectivity index (χ2v) is 6.18. The fourth-order valence-corrected chi connectivity index (χ4v) is 2.96. The highest BCUT2D eigenvalue weighted by atomic mass is 35.5. The van der Waals surface area contributed by atoms with Gasteiger partial charge < -0.3 is 11.1 Å². The van der Waals surface area contributed by atoms with Gasteiger partial charge in [0.15, 0.2) is 0 Å². The van der Waals surface area contributed by atoms with E-state index in [2.05, 4.69) is 5.32 Å². The zero-order valence-electron chi connectivity index (χ0n) is 11.1. The van der Waals surface area contributed by atoms with Gasteiger partial charge in [-0.15, -0.1) is 11.8 Å². The number of thioether (sulfide) groups is 1. The topological polar surface area (TPSA) is 55.1 Å². The van der Waals surface area contributed by atoms with Crippen LogP contribution < -0.4 is 11.1 Å². The summed E-state index contributed by atoms with van der Waals surface area (Å²) in [6.45, 7) is 0.467. The van der Waals surface area contributed by atoms with Crippen molar-refractivity contribution < 1.29 is 4.79 Å². The second kappa shape index (κ2) is 7.59. The van der Waals surface area contributed by atoms with Gasteiger partial charge in [-0.3, -0.25) is 4.79 Å². The largest absolute Gasteiger partial charge is 0.398 e. The molecule has 3 N–H and O–H groups in total. The highest BCUT2D eigenvalue weighted by Gasteiger charge is 2.08. The maximum atomic E-state index is 11.8. The third-order valence-electron chi connectivity index (χ3n) is 2.75. The van der Waals surface area contributed by atoms with Crippen molar-refractivity contribution in [1.82, 2.24) is 5.32 Å². The predicted molar refractivity (Wildman–Crippen MR) is 89.9 cm³/mol. The number of benzene rings is 2. The molecule has 0 spiro atoms. The minimum absolute atomic E-state index is 0.0748. The molecule has 1 amide bonds. The third kappa shape index (κ3) is 4.84. The lowest BCUT2D eigenvalue weighted by atomic mass is 10.2. The first kappa shape index (κ1) is 16.0. The van der Waals surface area contributed by atoms with E-state index in [1.807, 2.05) is 12.1 Å². The van der Waals surface area contributed by atoms with Crippen molar-refractivity contribution in [3.8, 4) is 0 Å². The van der Waals surface area contributed by atoms with Crippen molar-refractivity contribution in [2.24, 2.45) is 0 Å². The molecule has 0 saturated carbocycles. The summed E-state index contributed by atoms with van der Waals surface area (Å²) in [6.07, 6.45) is 0. The second-order valence-electron chi connectivity index (χ2n) is 4.35. The Labute approximate surface area is 137 Å². The molecule has 0 atom stereocenters. The first-order chi connectivity index (χ1) is 10.1. The van der Waals surface area contributed by atoms with E-state index in [0.29, 0.717) is 22.3 Å². The van der Waals surface area contributed by atoms with Crippen LogP contribution in [0.3, 0.4) is 0 Å². The molecule has 0 saturated heterocycles. The molecular weight excluding hydrogens is 327 g/mol. The van der Waals surface area contributed by atoms with E-state index in [1.54, 1.807) is 30.3 Å². The van der Waals surface area contributed by atoms with Crippen molar-refractivity contribution in [1.29, 1.82) is 0 Å². The van der Waals surface area contributed by atoms with E-state index in [1.165, 1.54) is 11.8 Å². The molecule has 0 aromatic heterocycles. The predicted octanol–water partition coefficient (Wildman–Crippen LogP) is 3.98. The van der Waals surface area contributed by atoms with E-state index < -0.39 is 0 Å². The molecule has 0 unspecified atom stereocenters. The number of rotatable bonds is 5. The normalized spacial score (nSPS) is 10.4. The van der Waals surface area contributed by atoms with Crippen molar-refractivity contribution in [2.45, 2.75) is 11.4 Å². The molecule has 0 radical (unpaired) electrons. The summed E-state index contributed by atoms with van der Waals surface area (Å²) in [4.78, 5) is 12.6. The van der Waals surface area contributed by atoms with E-state index in [-0.39, 0.29) is 11.7 Å². The van der Waals surface area contributed by atoms with E-state index in [4.69, 9.17) is 28.9 Å². The lowest BCUT2D eigenvalue weighted by molar-refractivity contribution is -0.118. The number of carbonyl (C=O) groups excluding carboxylic acids is 1. The Kier molecular flexibility index (Phi) is 5.79. The van der Waals surface area contributed by atoms with Gasteiger partial charge >= 0.3 is 0 Å². The number of anilines is 1. The van der Waals surface area contributed by atoms with Crippen LogP contribution in [0.2, 0.25) is 10.0 Å². The number of carbonyl (C=O) groups is 1. The standard InChI is InChI=1S/C15H14Cl2N2OS/c16-11-6-4-10(5-7-11)8-19-14(20)9-21-15-12(17)2-1-3-13(15)18/h1-7H,8-9,18H2,(H,19,20). The fraction of sp³-hybridized carbons (Fsp3) is 0.133. The molecule has 0 bridgehead atoms. The van der Waals surface area contributed by atoms with Crippen LogP contribution in [0, 0.1) is 0 Å². The van der Waals surface area contributed by atoms with Crippen LogP contribution in [-0.2, 0) is 11.3 Å². The summed E-state index contributed by atoms with van der Waals surface area (Å²) < 4.78 is 0. The Balaban J connectivity index is 1.84. The van der Waals surface area contributed by atoms with Gasteiger partial charge in [-0.05, 0) is 29.8 Å². The van der Waals surface area contributed by atoms with Crippen LogP contribution in [0.15, 0.2) is 47.4 Å². The third-order valence-corrected chi connectivity index (χ3v) is 4.58. The maximum Gasteiger partial charge on any atom is 0.230 e. The van der Waals surface area contributed by atoms with Gasteiger partial charge in [-0.25, -0.2) is 0 Å². The fourth-order valence-electron chi connectivity index (χ4n) is 1.67. The Morgan fingerprint density at radius 1 is 1.14 bits per heavy atom. The molecule has 0 heterocycles. The molecule has 3 nitrogen and oxygen atoms in total. The van der Waals surface area contributed by atoms with Crippen LogP contribution >= 0.6 is 35.0 Å². The van der Waals surface area contributed by atoms with Gasteiger partial charge in [0, 0.05) is 22.2 Å². The van der Waals surface area contributed by atoms with Gasteiger partial charge in [0.2, 0.25) is 5.91 Å². The zero-order valence-corrected chi connectivity index (χ0v) is 13.4. The van der Waals surface area contributed by atoms with E-state index in [9.17, 15) is 4.79 Å². The number of amides is 1. The molecule has 2 rings (SSSR count). The van der Waals surface area contributed by atoms with Crippen LogP contribution in [0.4, 0.5) is 5.69 Å². The summed E-state index contributed by atoms with van der Waals surface area (Å²) in [7, 11) is 0. The highest BCUT2D eigenvalue weighted by molar-refractivity contribution is 8.00. The summed E-state index contributed by atoms with van der Waals surface area (Å²) in [6, 6.07) is 12.6. The van der Waals surface area contributed by atoms with Gasteiger partial charge in [0.1, 0.15) is 0 Å². The van der Waals surface area contributed by atoms with Crippen molar-refractivity contribution in [3.05, 3.63) is 58.1 Å². The average molecular weight is 341 g/mol. The Bertz CT molecular complexity index is 612. The Morgan fingerprint density at radius 2 is 1.86 bits per heavy atom. The number of nitrogens with one attached hydrogen (secondary N) is 1. The van der Waals surface area contributed by atoms with Crippen molar-refractivity contribution >= 4 is 46.6 Å². The molecule has 21 heavy (non-hydrogen) atoms. The Morgan fingerprint density at radius 3 is 2.52 bits per heavy atom. The van der Waals surface area contributed by atoms with Gasteiger partial charge in [-0.1, -0.05) is 41.4 Å². The monoisotopic (exact) mass is 340 g/mol. The molecule has 110 valence electrons. The summed E-state index contributed by atoms with van der Waals surface area (Å²) in [5, 5.41) is 4.08. The van der Waals surface area contributed by atoms with Crippen LogP contribution in [0.1, 0.15) is 5.56 Å². The number of hydrogen-bond donors (Lipinski definition) is 2. The number of nitrogens with two attached hydrogens (primary N) is 1. The first-order valence-corrected chi connectivity index (χ1v) is 7.98. The molecule has 0 fully saturated rings. The number of nitrogen functional groups attached to an aromatic ring is 1. The first-order valence-electron chi connectivity index (χ1n) is 6.24. The highest BCUT2D eigenvalue weighted by Crippen LogP contribution is 2.32. The molecule has 0 aliphatic heterocycles. The number of halogens is 2. The van der Waals surface area contributed by atoms with Crippen LogP contribution in [-0.4, -0.2) is 11.7 Å². The summed E-state index contributed by atoms with van der Waals surface area (Å²) in [5.41, 5.74) is 7.41. The number of hydrogen-bond acceptors (Lipinski definition) is 3. The van der Waals surface area contributed by atoms with Crippen LogP contribution in [0.25, 0.3) is 0 Å². The average Bonchev–Trinajstić information content (AvgIpc) is 2.46. The maximum absolute atomic E-state index is 11.8. The quantitative estimate of drug-likeness (QED) is 0.639. The Hall–Kier alpha value is -1.36. The summed E-state index contributed by atoms with van der Waals surface area (Å²) >= 11 is 13.2. The molecule has 6 heteroatoms. The van der Waals surface area contributed by atoms with Gasteiger partial charge in [0.25, 0.3) is 0 Å². The van der Waals surface area contributed by atoms with Gasteiger partial charge in [-0.2, -0.15) is 0 Å². The molecular formula is C15H14Cl2N2OS. The SMILES string of the molecule is Nc1cccc(Cl)c1SCC(=O)NCc1ccc(Cl)cc1. The molecule has 0 aliphatic rings. The minimum Gasteiger partial charge on any atom is -0.398 e. The molecule has 2 aromatic rings. The minimum atomic E-state index is -0.0748. The molecule has 0 aliphatic carbocycles. The lowest BCUT2D eigenvalue weighted by Gasteiger charge is -2.08. The van der Waals surface area contributed by atoms with E-state index >= 15 is 0 Å². The van der Waals surface area contributed by atoms with Crippen LogP contribution in [0.5, 0.6) is 0 Å². The molecule has 2 aromatic carbocycles. The summed E-state index contributed by atoms with van der Waals surface area (Å²) in [5.74, 6) is 0.191. The van der Waals surface area contributed by atoms with Crippen molar-refractivity contribution in [2.75, 3.05) is 11.5 Å². The van der Waals surface area contributed by atoms with E-state index in [0.717, 1.165) is 10.5 Å². The lowest BCUT2D eigenvalue weighted by Crippen LogP contribution is -2.24. The van der Waals surface area contributed by atoms with Gasteiger partial charge in [0.05, 0.1) is 10.8 Å². The smallest absolute Gasteiger partial charge is 0.230 e. The van der Waals surface area contributed by atoms with Crippen molar-refractivity contribution in [3.63, 3.8) is 0 Å².